The molecule has 0 aliphatic carbocycles. The van der Waals surface area contributed by atoms with Crippen LogP contribution in [0.15, 0.2) is 59.1 Å². The molecule has 2 atom stereocenters. The number of benzene rings is 2. The van der Waals surface area contributed by atoms with Crippen LogP contribution in [0.2, 0.25) is 0 Å². The monoisotopic (exact) mass is 443 g/mol. The van der Waals surface area contributed by atoms with Gasteiger partial charge in [-0.25, -0.2) is 0 Å². The quantitative estimate of drug-likeness (QED) is 0.701. The summed E-state index contributed by atoms with van der Waals surface area (Å²) in [5, 5.41) is 0. The summed E-state index contributed by atoms with van der Waals surface area (Å²) < 4.78 is 12.8. The fourth-order valence-electron chi connectivity index (χ4n) is 4.39. The van der Waals surface area contributed by atoms with E-state index in [1.165, 1.54) is 0 Å². The molecule has 0 bridgehead atoms. The maximum atomic E-state index is 13.9. The molecule has 0 saturated carbocycles. The molecule has 2 heterocycles. The van der Waals surface area contributed by atoms with Gasteiger partial charge in [0, 0.05) is 24.2 Å². The van der Waals surface area contributed by atoms with Crippen LogP contribution < -0.4 is 0 Å². The summed E-state index contributed by atoms with van der Waals surface area (Å²) in [5.41, 5.74) is 1.69. The highest BCUT2D eigenvalue weighted by Crippen LogP contribution is 2.39. The molecule has 2 aliphatic rings. The molecule has 2 fully saturated rings. The maximum absolute atomic E-state index is 13.9. The second kappa shape index (κ2) is 8.36. The van der Waals surface area contributed by atoms with Crippen molar-refractivity contribution in [1.29, 1.82) is 0 Å². The van der Waals surface area contributed by atoms with Gasteiger partial charge in [-0.3, -0.25) is 4.79 Å². The molecule has 28 heavy (non-hydrogen) atoms. The molecule has 1 amide bonds. The van der Waals surface area contributed by atoms with Gasteiger partial charge in [0.25, 0.3) is 0 Å². The summed E-state index contributed by atoms with van der Waals surface area (Å²) in [6.45, 7) is 4.49. The van der Waals surface area contributed by atoms with Gasteiger partial charge in [-0.15, -0.1) is 0 Å². The van der Waals surface area contributed by atoms with Crippen molar-refractivity contribution in [3.8, 4) is 0 Å². The normalized spacial score (nSPS) is 24.7. The molecule has 0 aromatic heterocycles. The van der Waals surface area contributed by atoms with Crippen molar-refractivity contribution in [3.05, 3.63) is 70.2 Å². The number of ether oxygens (including phenoxy) is 2. The van der Waals surface area contributed by atoms with Gasteiger partial charge in [-0.05, 0) is 43.0 Å². The maximum Gasteiger partial charge on any atom is 0.233 e. The van der Waals surface area contributed by atoms with E-state index in [1.807, 2.05) is 42.2 Å². The van der Waals surface area contributed by atoms with E-state index < -0.39 is 5.41 Å². The number of carbonyl (C=O) groups excluding carboxylic acids is 1. The lowest BCUT2D eigenvalue weighted by atomic mass is 9.72. The molecule has 0 N–H and O–H groups in total. The third-order valence-electron chi connectivity index (χ3n) is 5.87. The third kappa shape index (κ3) is 3.88. The zero-order chi connectivity index (χ0) is 19.6. The summed E-state index contributed by atoms with van der Waals surface area (Å²) in [4.78, 5) is 15.9. The molecule has 0 spiro atoms. The molecule has 2 unspecified atom stereocenters. The zero-order valence-corrected chi connectivity index (χ0v) is 17.7. The Labute approximate surface area is 175 Å². The van der Waals surface area contributed by atoms with Crippen molar-refractivity contribution in [2.45, 2.75) is 37.4 Å². The highest BCUT2D eigenvalue weighted by Gasteiger charge is 2.45. The Bertz CT molecular complexity index is 802. The smallest absolute Gasteiger partial charge is 0.233 e. The van der Waals surface area contributed by atoms with Crippen LogP contribution in [-0.4, -0.2) is 43.2 Å². The van der Waals surface area contributed by atoms with Gasteiger partial charge in [0.05, 0.1) is 18.1 Å². The lowest BCUT2D eigenvalue weighted by Crippen LogP contribution is -2.55. The van der Waals surface area contributed by atoms with Crippen LogP contribution in [0.5, 0.6) is 0 Å². The molecule has 2 aromatic rings. The van der Waals surface area contributed by atoms with Crippen molar-refractivity contribution < 1.29 is 14.3 Å². The van der Waals surface area contributed by atoms with Crippen molar-refractivity contribution in [2.75, 3.05) is 26.3 Å². The molecule has 2 aliphatic heterocycles. The van der Waals surface area contributed by atoms with Gasteiger partial charge >= 0.3 is 0 Å². The number of hydrogen-bond acceptors (Lipinski definition) is 3. The summed E-state index contributed by atoms with van der Waals surface area (Å²) >= 11 is 3.51. The van der Waals surface area contributed by atoms with Gasteiger partial charge in [0.2, 0.25) is 5.91 Å². The van der Waals surface area contributed by atoms with Crippen LogP contribution in [0.1, 0.15) is 37.0 Å². The SMILES string of the molecule is CC1CN(C(=O)C2(c3ccc(Br)cc3)CCOCC2)CC(c2ccccc2)O1. The lowest BCUT2D eigenvalue weighted by molar-refractivity contribution is -0.154. The van der Waals surface area contributed by atoms with E-state index in [1.54, 1.807) is 0 Å². The van der Waals surface area contributed by atoms with Gasteiger partial charge in [-0.1, -0.05) is 58.4 Å². The number of carbonyl (C=O) groups is 1. The van der Waals surface area contributed by atoms with Crippen LogP contribution in [0.3, 0.4) is 0 Å². The van der Waals surface area contributed by atoms with Crippen LogP contribution in [0.4, 0.5) is 0 Å². The lowest BCUT2D eigenvalue weighted by Gasteiger charge is -2.44. The first-order valence-electron chi connectivity index (χ1n) is 9.92. The standard InChI is InChI=1S/C23H26BrNO3/c1-17-15-25(16-21(28-17)18-5-3-2-4-6-18)22(26)23(11-13-27-14-12-23)19-7-9-20(24)10-8-19/h2-10,17,21H,11-16H2,1H3. The molecular formula is C23H26BrNO3. The van der Waals surface area contributed by atoms with Crippen LogP contribution >= 0.6 is 15.9 Å². The number of nitrogens with zero attached hydrogens (tertiary/aromatic N) is 1. The molecule has 4 nitrogen and oxygen atoms in total. The Balaban J connectivity index is 1.63. The first-order valence-corrected chi connectivity index (χ1v) is 10.7. The van der Waals surface area contributed by atoms with E-state index in [-0.39, 0.29) is 18.1 Å². The van der Waals surface area contributed by atoms with Crippen LogP contribution in [0, 0.1) is 0 Å². The minimum Gasteiger partial charge on any atom is -0.381 e. The zero-order valence-electron chi connectivity index (χ0n) is 16.1. The van der Waals surface area contributed by atoms with Crippen molar-refractivity contribution in [3.63, 3.8) is 0 Å². The molecule has 2 saturated heterocycles. The minimum absolute atomic E-state index is 0.00437. The van der Waals surface area contributed by atoms with E-state index in [4.69, 9.17) is 9.47 Å². The Morgan fingerprint density at radius 2 is 1.71 bits per heavy atom. The van der Waals surface area contributed by atoms with Gasteiger partial charge in [0.15, 0.2) is 0 Å². The van der Waals surface area contributed by atoms with Gasteiger partial charge < -0.3 is 14.4 Å². The minimum atomic E-state index is -0.517. The Kier molecular flexibility index (Phi) is 5.85. The number of morpholine rings is 1. The fraction of sp³-hybridized carbons (Fsp3) is 0.435. The predicted molar refractivity (Wildman–Crippen MR) is 112 cm³/mol. The number of amides is 1. The first kappa shape index (κ1) is 19.6. The van der Waals surface area contributed by atoms with E-state index in [0.29, 0.717) is 26.3 Å². The van der Waals surface area contributed by atoms with Crippen LogP contribution in [0.25, 0.3) is 0 Å². The molecule has 148 valence electrons. The fourth-order valence-corrected chi connectivity index (χ4v) is 4.65. The van der Waals surface area contributed by atoms with E-state index >= 15 is 0 Å². The summed E-state index contributed by atoms with van der Waals surface area (Å²) in [6, 6.07) is 18.4. The number of halogens is 1. The largest absolute Gasteiger partial charge is 0.381 e. The van der Waals surface area contributed by atoms with Crippen molar-refractivity contribution in [2.24, 2.45) is 0 Å². The van der Waals surface area contributed by atoms with Crippen molar-refractivity contribution in [1.82, 2.24) is 4.90 Å². The Morgan fingerprint density at radius 1 is 1.04 bits per heavy atom. The summed E-state index contributed by atoms with van der Waals surface area (Å²) in [7, 11) is 0. The Morgan fingerprint density at radius 3 is 2.39 bits per heavy atom. The molecular weight excluding hydrogens is 418 g/mol. The topological polar surface area (TPSA) is 38.8 Å². The molecule has 0 radical (unpaired) electrons. The average Bonchev–Trinajstić information content (AvgIpc) is 2.74. The summed E-state index contributed by atoms with van der Waals surface area (Å²) in [5.74, 6) is 0.203. The first-order chi connectivity index (χ1) is 13.6. The highest BCUT2D eigenvalue weighted by molar-refractivity contribution is 9.10. The second-order valence-corrected chi connectivity index (χ2v) is 8.67. The number of hydrogen-bond donors (Lipinski definition) is 0. The van der Waals surface area contributed by atoms with Gasteiger partial charge in [-0.2, -0.15) is 0 Å². The number of rotatable bonds is 3. The molecule has 2 aromatic carbocycles. The second-order valence-electron chi connectivity index (χ2n) is 7.76. The van der Waals surface area contributed by atoms with Crippen LogP contribution in [-0.2, 0) is 19.7 Å². The predicted octanol–water partition coefficient (Wildman–Crippen LogP) is 4.49. The average molecular weight is 444 g/mol. The third-order valence-corrected chi connectivity index (χ3v) is 6.40. The van der Waals surface area contributed by atoms with E-state index in [2.05, 4.69) is 40.2 Å². The highest BCUT2D eigenvalue weighted by atomic mass is 79.9. The van der Waals surface area contributed by atoms with E-state index in [9.17, 15) is 4.79 Å². The Hall–Kier alpha value is -1.69. The van der Waals surface area contributed by atoms with Crippen molar-refractivity contribution >= 4 is 21.8 Å². The molecule has 5 heteroatoms. The van der Waals surface area contributed by atoms with E-state index in [0.717, 1.165) is 28.4 Å². The molecule has 4 rings (SSSR count). The van der Waals surface area contributed by atoms with Gasteiger partial charge in [0.1, 0.15) is 6.10 Å². The summed E-state index contributed by atoms with van der Waals surface area (Å²) in [6.07, 6.45) is 1.35.